The Labute approximate surface area is 103 Å². The highest BCUT2D eigenvalue weighted by molar-refractivity contribution is 7.99. The number of carbonyl (C=O) groups excluding carboxylic acids is 1. The van der Waals surface area contributed by atoms with Crippen molar-refractivity contribution in [3.63, 3.8) is 0 Å². The first-order chi connectivity index (χ1) is 7.66. The first-order valence-electron chi connectivity index (χ1n) is 5.24. The van der Waals surface area contributed by atoms with Crippen molar-refractivity contribution in [2.75, 3.05) is 23.8 Å². The van der Waals surface area contributed by atoms with E-state index in [9.17, 15) is 4.79 Å². The molecule has 1 unspecified atom stereocenters. The van der Waals surface area contributed by atoms with Crippen LogP contribution in [0.15, 0.2) is 5.38 Å². The lowest BCUT2D eigenvalue weighted by atomic mass is 10.2. The van der Waals surface area contributed by atoms with Crippen molar-refractivity contribution in [1.29, 1.82) is 0 Å². The molecule has 1 amide bonds. The third-order valence-corrected chi connectivity index (χ3v) is 4.50. The first-order valence-corrected chi connectivity index (χ1v) is 7.27. The molecule has 0 saturated carbocycles. The van der Waals surface area contributed by atoms with Crippen molar-refractivity contribution < 1.29 is 4.79 Å². The molecule has 1 aromatic rings. The Morgan fingerprint density at radius 2 is 2.56 bits per heavy atom. The number of aromatic nitrogens is 1. The number of thiazole rings is 1. The minimum Gasteiger partial charge on any atom is -0.375 e. The second-order valence-corrected chi connectivity index (χ2v) is 5.90. The molecule has 6 heteroatoms. The molecule has 0 aromatic carbocycles. The molecule has 4 nitrogen and oxygen atoms in total. The molecule has 2 N–H and O–H groups in total. The van der Waals surface area contributed by atoms with Crippen LogP contribution in [0.25, 0.3) is 0 Å². The monoisotopic (exact) mass is 257 g/mol. The lowest BCUT2D eigenvalue weighted by Gasteiger charge is -2.33. The van der Waals surface area contributed by atoms with E-state index in [0.29, 0.717) is 17.6 Å². The van der Waals surface area contributed by atoms with E-state index in [2.05, 4.69) is 11.9 Å². The van der Waals surface area contributed by atoms with Crippen LogP contribution in [-0.4, -0.2) is 39.9 Å². The number of nitrogens with two attached hydrogens (primary N) is 1. The normalized spacial score (nSPS) is 21.1. The number of carbonyl (C=O) groups is 1. The number of nitrogens with zero attached hydrogens (tertiary/aromatic N) is 2. The molecule has 2 heterocycles. The number of hydrogen-bond acceptors (Lipinski definition) is 5. The van der Waals surface area contributed by atoms with Gasteiger partial charge < -0.3 is 10.6 Å². The SMILES string of the molecule is CC1CSCCN1C(=O)Cc1csc(N)n1. The van der Waals surface area contributed by atoms with E-state index in [1.54, 1.807) is 0 Å². The average molecular weight is 257 g/mol. The summed E-state index contributed by atoms with van der Waals surface area (Å²) in [5.74, 6) is 2.23. The van der Waals surface area contributed by atoms with E-state index < -0.39 is 0 Å². The van der Waals surface area contributed by atoms with Crippen LogP contribution in [0.4, 0.5) is 5.13 Å². The maximum atomic E-state index is 12.0. The zero-order valence-electron chi connectivity index (χ0n) is 9.18. The fourth-order valence-electron chi connectivity index (χ4n) is 1.76. The molecule has 1 saturated heterocycles. The van der Waals surface area contributed by atoms with Gasteiger partial charge >= 0.3 is 0 Å². The number of thioether (sulfide) groups is 1. The molecule has 0 spiro atoms. The van der Waals surface area contributed by atoms with Crippen LogP contribution in [0.2, 0.25) is 0 Å². The topological polar surface area (TPSA) is 59.2 Å². The lowest BCUT2D eigenvalue weighted by Crippen LogP contribution is -2.45. The van der Waals surface area contributed by atoms with Crippen LogP contribution in [0.3, 0.4) is 0 Å². The summed E-state index contributed by atoms with van der Waals surface area (Å²) in [5.41, 5.74) is 6.33. The summed E-state index contributed by atoms with van der Waals surface area (Å²) in [4.78, 5) is 18.1. The van der Waals surface area contributed by atoms with Gasteiger partial charge in [-0.25, -0.2) is 4.98 Å². The van der Waals surface area contributed by atoms with Gasteiger partial charge in [0.15, 0.2) is 5.13 Å². The maximum Gasteiger partial charge on any atom is 0.228 e. The Hall–Kier alpha value is -0.750. The molecule has 0 bridgehead atoms. The molecule has 0 aliphatic carbocycles. The Morgan fingerprint density at radius 3 is 3.19 bits per heavy atom. The van der Waals surface area contributed by atoms with Crippen LogP contribution in [0, 0.1) is 0 Å². The molecule has 1 aliphatic heterocycles. The largest absolute Gasteiger partial charge is 0.375 e. The summed E-state index contributed by atoms with van der Waals surface area (Å²) in [6.07, 6.45) is 0.378. The number of hydrogen-bond donors (Lipinski definition) is 1. The van der Waals surface area contributed by atoms with Crippen LogP contribution in [-0.2, 0) is 11.2 Å². The fraction of sp³-hybridized carbons (Fsp3) is 0.600. The third kappa shape index (κ3) is 2.68. The molecular formula is C10H15N3OS2. The Kier molecular flexibility index (Phi) is 3.70. The van der Waals surface area contributed by atoms with Crippen molar-refractivity contribution in [2.45, 2.75) is 19.4 Å². The van der Waals surface area contributed by atoms with Gasteiger partial charge in [0, 0.05) is 29.5 Å². The van der Waals surface area contributed by atoms with E-state index in [1.165, 1.54) is 11.3 Å². The number of amides is 1. The van der Waals surface area contributed by atoms with E-state index in [-0.39, 0.29) is 5.91 Å². The molecule has 0 radical (unpaired) electrons. The van der Waals surface area contributed by atoms with E-state index in [1.807, 2.05) is 22.0 Å². The van der Waals surface area contributed by atoms with Gasteiger partial charge in [-0.05, 0) is 6.92 Å². The third-order valence-electron chi connectivity index (χ3n) is 2.59. The molecule has 1 aliphatic rings. The van der Waals surface area contributed by atoms with Crippen molar-refractivity contribution in [3.05, 3.63) is 11.1 Å². The van der Waals surface area contributed by atoms with Gasteiger partial charge in [-0.2, -0.15) is 11.8 Å². The minimum absolute atomic E-state index is 0.165. The predicted octanol–water partition coefficient (Wildman–Crippen LogP) is 1.23. The second kappa shape index (κ2) is 5.05. The van der Waals surface area contributed by atoms with Crippen LogP contribution < -0.4 is 5.73 Å². The maximum absolute atomic E-state index is 12.0. The highest BCUT2D eigenvalue weighted by Crippen LogP contribution is 2.18. The Bertz CT molecular complexity index is 380. The van der Waals surface area contributed by atoms with Gasteiger partial charge in [0.2, 0.25) is 5.91 Å². The van der Waals surface area contributed by atoms with Crippen molar-refractivity contribution >= 4 is 34.1 Å². The highest BCUT2D eigenvalue weighted by atomic mass is 32.2. The second-order valence-electron chi connectivity index (χ2n) is 3.86. The zero-order chi connectivity index (χ0) is 11.5. The summed E-state index contributed by atoms with van der Waals surface area (Å²) >= 11 is 3.29. The molecule has 1 aromatic heterocycles. The van der Waals surface area contributed by atoms with E-state index in [4.69, 9.17) is 5.73 Å². The number of nitrogen functional groups attached to an aromatic ring is 1. The van der Waals surface area contributed by atoms with Gasteiger partial charge in [0.25, 0.3) is 0 Å². The summed E-state index contributed by atoms with van der Waals surface area (Å²) in [6.45, 7) is 2.95. The highest BCUT2D eigenvalue weighted by Gasteiger charge is 2.23. The quantitative estimate of drug-likeness (QED) is 0.866. The molecule has 1 fully saturated rings. The Balaban J connectivity index is 1.96. The summed E-state index contributed by atoms with van der Waals surface area (Å²) in [5, 5.41) is 2.39. The van der Waals surface area contributed by atoms with Crippen LogP contribution in [0.5, 0.6) is 0 Å². The van der Waals surface area contributed by atoms with Gasteiger partial charge in [-0.15, -0.1) is 11.3 Å². The smallest absolute Gasteiger partial charge is 0.228 e. The molecule has 2 rings (SSSR count). The van der Waals surface area contributed by atoms with Gasteiger partial charge in [-0.3, -0.25) is 4.79 Å². The van der Waals surface area contributed by atoms with E-state index in [0.717, 1.165) is 23.7 Å². The number of anilines is 1. The molecular weight excluding hydrogens is 242 g/mol. The average Bonchev–Trinajstić information content (AvgIpc) is 2.64. The standard InChI is InChI=1S/C10H15N3OS2/c1-7-5-15-3-2-13(7)9(14)4-8-6-16-10(11)12-8/h6-7H,2-5H2,1H3,(H2,11,12). The van der Waals surface area contributed by atoms with Gasteiger partial charge in [0.05, 0.1) is 12.1 Å². The minimum atomic E-state index is 0.165. The van der Waals surface area contributed by atoms with Crippen LogP contribution in [0.1, 0.15) is 12.6 Å². The lowest BCUT2D eigenvalue weighted by molar-refractivity contribution is -0.131. The van der Waals surface area contributed by atoms with Gasteiger partial charge in [0.1, 0.15) is 0 Å². The van der Waals surface area contributed by atoms with Crippen molar-refractivity contribution in [2.24, 2.45) is 0 Å². The fourth-order valence-corrected chi connectivity index (χ4v) is 3.33. The number of rotatable bonds is 2. The predicted molar refractivity (Wildman–Crippen MR) is 68.7 cm³/mol. The van der Waals surface area contributed by atoms with Crippen LogP contribution >= 0.6 is 23.1 Å². The zero-order valence-corrected chi connectivity index (χ0v) is 10.8. The summed E-state index contributed by atoms with van der Waals surface area (Å²) < 4.78 is 0. The summed E-state index contributed by atoms with van der Waals surface area (Å²) in [6, 6.07) is 0.335. The van der Waals surface area contributed by atoms with Crippen molar-refractivity contribution in [3.8, 4) is 0 Å². The van der Waals surface area contributed by atoms with E-state index >= 15 is 0 Å². The van der Waals surface area contributed by atoms with Gasteiger partial charge in [-0.1, -0.05) is 0 Å². The molecule has 16 heavy (non-hydrogen) atoms. The first kappa shape index (κ1) is 11.7. The molecule has 88 valence electrons. The summed E-state index contributed by atoms with van der Waals surface area (Å²) in [7, 11) is 0. The van der Waals surface area contributed by atoms with Crippen molar-refractivity contribution in [1.82, 2.24) is 9.88 Å². The molecule has 1 atom stereocenters. The Morgan fingerprint density at radius 1 is 1.75 bits per heavy atom.